The summed E-state index contributed by atoms with van der Waals surface area (Å²) < 4.78 is 0. The number of nitro groups is 1. The van der Waals surface area contributed by atoms with E-state index in [-0.39, 0.29) is 16.8 Å². The third-order valence-corrected chi connectivity index (χ3v) is 4.43. The van der Waals surface area contributed by atoms with Gasteiger partial charge in [-0.15, -0.1) is 0 Å². The number of carboxylic acids is 2. The standard InChI is InChI=1S/C21H15NO6/c23-20(24)15-9-5-13(6-10-15)19(14-7-11-16(12-8-14)21(25)26)17-3-1-2-4-18(17)22(27)28/h1-12,19H,(H,23,24)(H,25,26). The molecule has 0 aromatic heterocycles. The van der Waals surface area contributed by atoms with Crippen molar-refractivity contribution in [3.05, 3.63) is 111 Å². The zero-order valence-electron chi connectivity index (χ0n) is 14.5. The summed E-state index contributed by atoms with van der Waals surface area (Å²) in [5.41, 5.74) is 1.87. The predicted octanol–water partition coefficient (Wildman–Crippen LogP) is 4.17. The summed E-state index contributed by atoms with van der Waals surface area (Å²) >= 11 is 0. The fraction of sp³-hybridized carbons (Fsp3) is 0.0476. The van der Waals surface area contributed by atoms with Crippen molar-refractivity contribution in [3.8, 4) is 0 Å². The maximum absolute atomic E-state index is 11.5. The maximum atomic E-state index is 11.5. The normalized spacial score (nSPS) is 10.6. The molecule has 0 aliphatic rings. The molecule has 0 aliphatic heterocycles. The number of hydrogen-bond donors (Lipinski definition) is 2. The maximum Gasteiger partial charge on any atom is 0.335 e. The second-order valence-corrected chi connectivity index (χ2v) is 6.10. The average Bonchev–Trinajstić information content (AvgIpc) is 2.69. The highest BCUT2D eigenvalue weighted by molar-refractivity contribution is 5.88. The summed E-state index contributed by atoms with van der Waals surface area (Å²) in [6, 6.07) is 18.5. The Kier molecular flexibility index (Phi) is 5.17. The average molecular weight is 377 g/mol. The topological polar surface area (TPSA) is 118 Å². The van der Waals surface area contributed by atoms with E-state index in [0.717, 1.165) is 0 Å². The highest BCUT2D eigenvalue weighted by Gasteiger charge is 2.25. The molecule has 3 aromatic carbocycles. The third kappa shape index (κ3) is 3.73. The van der Waals surface area contributed by atoms with Crippen LogP contribution in [-0.4, -0.2) is 27.1 Å². The van der Waals surface area contributed by atoms with Gasteiger partial charge in [0.15, 0.2) is 0 Å². The molecule has 0 saturated carbocycles. The summed E-state index contributed by atoms with van der Waals surface area (Å²) in [7, 11) is 0. The number of para-hydroxylation sites is 1. The van der Waals surface area contributed by atoms with Crippen molar-refractivity contribution in [3.63, 3.8) is 0 Å². The predicted molar refractivity (Wildman–Crippen MR) is 101 cm³/mol. The van der Waals surface area contributed by atoms with Crippen LogP contribution in [0.4, 0.5) is 5.69 Å². The number of aromatic carboxylic acids is 2. The lowest BCUT2D eigenvalue weighted by Gasteiger charge is -2.19. The van der Waals surface area contributed by atoms with Gasteiger partial charge >= 0.3 is 11.9 Å². The fourth-order valence-electron chi connectivity index (χ4n) is 3.09. The van der Waals surface area contributed by atoms with Gasteiger partial charge in [0, 0.05) is 17.5 Å². The van der Waals surface area contributed by atoms with Crippen molar-refractivity contribution in [1.82, 2.24) is 0 Å². The van der Waals surface area contributed by atoms with Crippen LogP contribution in [0.1, 0.15) is 43.3 Å². The second-order valence-electron chi connectivity index (χ2n) is 6.10. The summed E-state index contributed by atoms with van der Waals surface area (Å²) in [5, 5.41) is 29.7. The fourth-order valence-corrected chi connectivity index (χ4v) is 3.09. The molecule has 0 aliphatic carbocycles. The highest BCUT2D eigenvalue weighted by atomic mass is 16.6. The molecule has 0 saturated heterocycles. The number of carboxylic acid groups (broad SMARTS) is 2. The first kappa shape index (κ1) is 18.8. The van der Waals surface area contributed by atoms with Gasteiger partial charge in [0.05, 0.1) is 16.1 Å². The van der Waals surface area contributed by atoms with Crippen LogP contribution in [0.5, 0.6) is 0 Å². The SMILES string of the molecule is O=C(O)c1ccc(C(c2ccc(C(=O)O)cc2)c2ccccc2[N+](=O)[O-])cc1. The van der Waals surface area contributed by atoms with Gasteiger partial charge in [-0.3, -0.25) is 10.1 Å². The lowest BCUT2D eigenvalue weighted by Crippen LogP contribution is -2.08. The summed E-state index contributed by atoms with van der Waals surface area (Å²) in [5.74, 6) is -2.70. The van der Waals surface area contributed by atoms with Crippen LogP contribution < -0.4 is 0 Å². The summed E-state index contributed by atoms with van der Waals surface area (Å²) in [4.78, 5) is 33.3. The summed E-state index contributed by atoms with van der Waals surface area (Å²) in [6.07, 6.45) is 0. The number of rotatable bonds is 6. The van der Waals surface area contributed by atoms with Crippen LogP contribution >= 0.6 is 0 Å². The first-order valence-corrected chi connectivity index (χ1v) is 8.28. The molecular formula is C21H15NO6. The van der Waals surface area contributed by atoms with E-state index in [1.54, 1.807) is 42.5 Å². The van der Waals surface area contributed by atoms with E-state index < -0.39 is 22.8 Å². The summed E-state index contributed by atoms with van der Waals surface area (Å²) in [6.45, 7) is 0. The highest BCUT2D eigenvalue weighted by Crippen LogP contribution is 2.37. The van der Waals surface area contributed by atoms with Gasteiger partial charge in [-0.25, -0.2) is 9.59 Å². The van der Waals surface area contributed by atoms with Crippen molar-refractivity contribution < 1.29 is 24.7 Å². The molecule has 0 bridgehead atoms. The van der Waals surface area contributed by atoms with Gasteiger partial charge in [0.2, 0.25) is 0 Å². The number of carbonyl (C=O) groups is 2. The number of benzene rings is 3. The molecule has 0 atom stereocenters. The Balaban J connectivity index is 2.18. The molecule has 0 spiro atoms. The smallest absolute Gasteiger partial charge is 0.335 e. The Morgan fingerprint density at radius 2 is 1.18 bits per heavy atom. The third-order valence-electron chi connectivity index (χ3n) is 4.43. The second kappa shape index (κ2) is 7.71. The van der Waals surface area contributed by atoms with Gasteiger partial charge in [-0.1, -0.05) is 42.5 Å². The molecule has 0 fully saturated rings. The van der Waals surface area contributed by atoms with Crippen LogP contribution in [-0.2, 0) is 0 Å². The molecule has 28 heavy (non-hydrogen) atoms. The molecule has 140 valence electrons. The molecule has 0 radical (unpaired) electrons. The lowest BCUT2D eigenvalue weighted by atomic mass is 9.83. The first-order chi connectivity index (χ1) is 13.4. The van der Waals surface area contributed by atoms with Gasteiger partial charge in [0.25, 0.3) is 5.69 Å². The zero-order valence-corrected chi connectivity index (χ0v) is 14.5. The zero-order chi connectivity index (χ0) is 20.3. The van der Waals surface area contributed by atoms with E-state index in [4.69, 9.17) is 10.2 Å². The van der Waals surface area contributed by atoms with E-state index in [9.17, 15) is 19.7 Å². The van der Waals surface area contributed by atoms with E-state index in [2.05, 4.69) is 0 Å². The van der Waals surface area contributed by atoms with E-state index >= 15 is 0 Å². The minimum absolute atomic E-state index is 0.0721. The van der Waals surface area contributed by atoms with Gasteiger partial charge < -0.3 is 10.2 Å². The Bertz CT molecular complexity index is 984. The van der Waals surface area contributed by atoms with Crippen LogP contribution in [0, 0.1) is 10.1 Å². The van der Waals surface area contributed by atoms with Crippen molar-refractivity contribution in [2.75, 3.05) is 0 Å². The van der Waals surface area contributed by atoms with Gasteiger partial charge in [0.1, 0.15) is 0 Å². The molecular weight excluding hydrogens is 362 g/mol. The molecule has 3 rings (SSSR count). The Hall–Kier alpha value is -4.00. The van der Waals surface area contributed by atoms with Crippen molar-refractivity contribution >= 4 is 17.6 Å². The molecule has 0 amide bonds. The van der Waals surface area contributed by atoms with E-state index in [1.807, 2.05) is 0 Å². The van der Waals surface area contributed by atoms with E-state index in [0.29, 0.717) is 16.7 Å². The van der Waals surface area contributed by atoms with Crippen LogP contribution in [0.3, 0.4) is 0 Å². The van der Waals surface area contributed by atoms with Crippen molar-refractivity contribution in [2.24, 2.45) is 0 Å². The largest absolute Gasteiger partial charge is 0.478 e. The molecule has 2 N–H and O–H groups in total. The minimum atomic E-state index is -1.07. The monoisotopic (exact) mass is 377 g/mol. The van der Waals surface area contributed by atoms with Crippen LogP contribution in [0.2, 0.25) is 0 Å². The molecule has 7 nitrogen and oxygen atoms in total. The quantitative estimate of drug-likeness (QED) is 0.378. The van der Waals surface area contributed by atoms with Crippen LogP contribution in [0.25, 0.3) is 0 Å². The van der Waals surface area contributed by atoms with E-state index in [1.165, 1.54) is 30.3 Å². The van der Waals surface area contributed by atoms with Gasteiger partial charge in [-0.2, -0.15) is 0 Å². The first-order valence-electron chi connectivity index (χ1n) is 8.28. The number of nitrogens with zero attached hydrogens (tertiary/aromatic N) is 1. The van der Waals surface area contributed by atoms with Crippen LogP contribution in [0.15, 0.2) is 72.8 Å². The molecule has 0 heterocycles. The molecule has 3 aromatic rings. The Morgan fingerprint density at radius 1 is 0.750 bits per heavy atom. The number of hydrogen-bond acceptors (Lipinski definition) is 4. The molecule has 0 unspecified atom stereocenters. The van der Waals surface area contributed by atoms with Crippen molar-refractivity contribution in [2.45, 2.75) is 5.92 Å². The minimum Gasteiger partial charge on any atom is -0.478 e. The Labute approximate surface area is 159 Å². The molecule has 7 heteroatoms. The van der Waals surface area contributed by atoms with Crippen molar-refractivity contribution in [1.29, 1.82) is 0 Å². The lowest BCUT2D eigenvalue weighted by molar-refractivity contribution is -0.385. The Morgan fingerprint density at radius 3 is 1.57 bits per heavy atom. The van der Waals surface area contributed by atoms with Gasteiger partial charge in [-0.05, 0) is 35.4 Å². The number of nitro benzene ring substituents is 1.